The van der Waals surface area contributed by atoms with Gasteiger partial charge in [0.05, 0.1) is 31.3 Å². The molecule has 0 radical (unpaired) electrons. The smallest absolute Gasteiger partial charge is 0.280 e. The van der Waals surface area contributed by atoms with Gasteiger partial charge >= 0.3 is 0 Å². The van der Waals surface area contributed by atoms with Gasteiger partial charge in [-0.1, -0.05) is 0 Å². The number of likely N-dealkylation sites (tertiary alicyclic amines) is 1. The van der Waals surface area contributed by atoms with E-state index in [4.69, 9.17) is 4.74 Å². The molecule has 1 atom stereocenters. The summed E-state index contributed by atoms with van der Waals surface area (Å²) in [5.41, 5.74) is 2.57. The van der Waals surface area contributed by atoms with Crippen molar-refractivity contribution < 1.29 is 14.4 Å². The van der Waals surface area contributed by atoms with Crippen molar-refractivity contribution >= 4 is 11.7 Å². The van der Waals surface area contributed by atoms with Gasteiger partial charge in [0.15, 0.2) is 6.54 Å². The maximum absolute atomic E-state index is 12.7. The summed E-state index contributed by atoms with van der Waals surface area (Å²) in [5.74, 6) is 0.654. The number of hydrogen-bond acceptors (Lipinski definition) is 3. The zero-order chi connectivity index (χ0) is 18.5. The second-order valence-corrected chi connectivity index (χ2v) is 7.68. The molecule has 142 valence electrons. The maximum Gasteiger partial charge on any atom is 0.280 e. The van der Waals surface area contributed by atoms with Gasteiger partial charge in [0, 0.05) is 12.3 Å². The minimum absolute atomic E-state index is 0.00416. The fraction of sp³-hybridized carbons (Fsp3) is 0.700. The molecule has 0 saturated carbocycles. The van der Waals surface area contributed by atoms with Gasteiger partial charge in [-0.25, -0.2) is 0 Å². The number of ether oxygens (including phenoxy) is 1. The molecule has 0 aromatic carbocycles. The van der Waals surface area contributed by atoms with E-state index in [9.17, 15) is 10.1 Å². The lowest BCUT2D eigenvalue weighted by atomic mass is 10.2. The summed E-state index contributed by atoms with van der Waals surface area (Å²) in [6, 6.07) is 2.29. The van der Waals surface area contributed by atoms with Crippen LogP contribution in [-0.4, -0.2) is 42.8 Å². The lowest BCUT2D eigenvalue weighted by molar-refractivity contribution is -0.890. The van der Waals surface area contributed by atoms with Crippen molar-refractivity contribution in [1.82, 2.24) is 4.57 Å². The summed E-state index contributed by atoms with van der Waals surface area (Å²) >= 11 is 0. The van der Waals surface area contributed by atoms with E-state index in [1.807, 2.05) is 13.8 Å². The van der Waals surface area contributed by atoms with E-state index in [-0.39, 0.29) is 12.0 Å². The number of nitrogens with zero attached hydrogens (tertiary/aromatic N) is 2. The SMILES string of the molecule is Cc1c(C#N)c(NC(=O)C[NH+]2CCCCCC2)n(C[C@@H]2CCCO2)c1C. The molecule has 1 aromatic rings. The Bertz CT molecular complexity index is 675. The van der Waals surface area contributed by atoms with Gasteiger partial charge in [-0.3, -0.25) is 4.79 Å². The van der Waals surface area contributed by atoms with Crippen LogP contribution in [0.1, 0.15) is 55.3 Å². The lowest BCUT2D eigenvalue weighted by Gasteiger charge is -2.19. The number of quaternary nitrogens is 1. The molecule has 0 aliphatic carbocycles. The van der Waals surface area contributed by atoms with Crippen LogP contribution >= 0.6 is 0 Å². The van der Waals surface area contributed by atoms with Gasteiger partial charge in [0.25, 0.3) is 5.91 Å². The van der Waals surface area contributed by atoms with Crippen molar-refractivity contribution in [1.29, 1.82) is 5.26 Å². The van der Waals surface area contributed by atoms with Crippen molar-refractivity contribution in [2.45, 2.75) is 65.0 Å². The largest absolute Gasteiger partial charge is 0.376 e. The molecule has 3 heterocycles. The highest BCUT2D eigenvalue weighted by atomic mass is 16.5. The first kappa shape index (κ1) is 18.9. The second-order valence-electron chi connectivity index (χ2n) is 7.68. The van der Waals surface area contributed by atoms with Crippen molar-refractivity contribution in [3.8, 4) is 6.07 Å². The van der Waals surface area contributed by atoms with Crippen LogP contribution in [0.5, 0.6) is 0 Å². The number of carbonyl (C=O) groups excluding carboxylic acids is 1. The topological polar surface area (TPSA) is 71.5 Å². The van der Waals surface area contributed by atoms with Crippen molar-refractivity contribution in [3.05, 3.63) is 16.8 Å². The molecule has 26 heavy (non-hydrogen) atoms. The summed E-state index contributed by atoms with van der Waals surface area (Å²) in [5, 5.41) is 12.7. The van der Waals surface area contributed by atoms with Crippen LogP contribution < -0.4 is 10.2 Å². The molecule has 6 heteroatoms. The van der Waals surface area contributed by atoms with E-state index in [1.165, 1.54) is 30.6 Å². The normalized spacial score (nSPS) is 21.3. The highest BCUT2D eigenvalue weighted by molar-refractivity contribution is 5.92. The predicted molar refractivity (Wildman–Crippen MR) is 100 cm³/mol. The number of nitriles is 1. The van der Waals surface area contributed by atoms with E-state index in [1.54, 1.807) is 0 Å². The van der Waals surface area contributed by atoms with Crippen LogP contribution in [0.4, 0.5) is 5.82 Å². The third-order valence-corrected chi connectivity index (χ3v) is 5.83. The fourth-order valence-electron chi connectivity index (χ4n) is 4.16. The Kier molecular flexibility index (Phi) is 6.33. The standard InChI is InChI=1S/C20H30N4O2/c1-15-16(2)24(13-17-8-7-11-26-17)20(18(15)12-21)22-19(25)14-23-9-5-3-4-6-10-23/h17H,3-11,13-14H2,1-2H3,(H,22,25)/p+1/t17-/m0/s1. The number of aromatic nitrogens is 1. The van der Waals surface area contributed by atoms with E-state index in [0.29, 0.717) is 24.5 Å². The number of carbonyl (C=O) groups is 1. The molecule has 0 spiro atoms. The summed E-state index contributed by atoms with van der Waals surface area (Å²) in [4.78, 5) is 14.0. The summed E-state index contributed by atoms with van der Waals surface area (Å²) < 4.78 is 7.84. The number of nitrogens with one attached hydrogen (secondary N) is 2. The summed E-state index contributed by atoms with van der Waals surface area (Å²) in [7, 11) is 0. The average molecular weight is 359 g/mol. The van der Waals surface area contributed by atoms with Crippen LogP contribution in [-0.2, 0) is 16.1 Å². The molecule has 2 aliphatic heterocycles. The monoisotopic (exact) mass is 359 g/mol. The van der Waals surface area contributed by atoms with Crippen LogP contribution in [0.3, 0.4) is 0 Å². The summed E-state index contributed by atoms with van der Waals surface area (Å²) in [6.45, 7) is 8.07. The zero-order valence-corrected chi connectivity index (χ0v) is 16.1. The molecule has 1 aromatic heterocycles. The van der Waals surface area contributed by atoms with E-state index in [2.05, 4.69) is 16.0 Å². The molecule has 0 bridgehead atoms. The fourth-order valence-corrected chi connectivity index (χ4v) is 4.16. The van der Waals surface area contributed by atoms with Gasteiger partial charge in [0.1, 0.15) is 11.9 Å². The average Bonchev–Trinajstić information content (AvgIpc) is 3.10. The van der Waals surface area contributed by atoms with Gasteiger partial charge in [0.2, 0.25) is 0 Å². The second kappa shape index (κ2) is 8.70. The van der Waals surface area contributed by atoms with Crippen molar-refractivity contribution in [2.75, 3.05) is 31.6 Å². The number of anilines is 1. The molecule has 3 rings (SSSR count). The highest BCUT2D eigenvalue weighted by Crippen LogP contribution is 2.28. The van der Waals surface area contributed by atoms with Crippen LogP contribution in [0.2, 0.25) is 0 Å². The van der Waals surface area contributed by atoms with Gasteiger partial charge < -0.3 is 19.5 Å². The molecular formula is C20H31N4O2+. The number of amides is 1. The third-order valence-electron chi connectivity index (χ3n) is 5.83. The molecule has 2 N–H and O–H groups in total. The van der Waals surface area contributed by atoms with Crippen LogP contribution in [0.15, 0.2) is 0 Å². The van der Waals surface area contributed by atoms with Gasteiger partial charge in [-0.05, 0) is 57.9 Å². The Labute approximate surface area is 156 Å². The van der Waals surface area contributed by atoms with E-state index < -0.39 is 0 Å². The molecule has 2 aliphatic rings. The van der Waals surface area contributed by atoms with E-state index >= 15 is 0 Å². The number of rotatable bonds is 5. The quantitative estimate of drug-likeness (QED) is 0.838. The molecule has 6 nitrogen and oxygen atoms in total. The Morgan fingerprint density at radius 2 is 2.00 bits per heavy atom. The first-order valence-electron chi connectivity index (χ1n) is 9.95. The molecule has 2 fully saturated rings. The Morgan fingerprint density at radius 1 is 1.27 bits per heavy atom. The third kappa shape index (κ3) is 4.28. The lowest BCUT2D eigenvalue weighted by Crippen LogP contribution is -3.12. The zero-order valence-electron chi connectivity index (χ0n) is 16.1. The Hall–Kier alpha value is -1.84. The van der Waals surface area contributed by atoms with Crippen LogP contribution in [0, 0.1) is 25.2 Å². The Morgan fingerprint density at radius 3 is 2.62 bits per heavy atom. The van der Waals surface area contributed by atoms with Crippen LogP contribution in [0.25, 0.3) is 0 Å². The molecular weight excluding hydrogens is 328 g/mol. The van der Waals surface area contributed by atoms with Gasteiger partial charge in [-0.15, -0.1) is 0 Å². The minimum Gasteiger partial charge on any atom is -0.376 e. The van der Waals surface area contributed by atoms with Crippen molar-refractivity contribution in [3.63, 3.8) is 0 Å². The first-order chi connectivity index (χ1) is 12.6. The highest BCUT2D eigenvalue weighted by Gasteiger charge is 2.25. The Balaban J connectivity index is 1.75. The van der Waals surface area contributed by atoms with Crippen molar-refractivity contribution in [2.24, 2.45) is 0 Å². The maximum atomic E-state index is 12.7. The predicted octanol–water partition coefficient (Wildman–Crippen LogP) is 1.55. The summed E-state index contributed by atoms with van der Waals surface area (Å²) in [6.07, 6.45) is 7.20. The molecule has 2 saturated heterocycles. The minimum atomic E-state index is 0.00416. The number of hydrogen-bond donors (Lipinski definition) is 2. The van der Waals surface area contributed by atoms with Gasteiger partial charge in [-0.2, -0.15) is 5.26 Å². The van der Waals surface area contributed by atoms with E-state index in [0.717, 1.165) is 43.8 Å². The molecule has 1 amide bonds. The molecule has 0 unspecified atom stereocenters. The first-order valence-corrected chi connectivity index (χ1v) is 9.95.